The Kier molecular flexibility index (Phi) is 5.78. The van der Waals surface area contributed by atoms with Crippen LogP contribution in [0, 0.1) is 5.82 Å². The summed E-state index contributed by atoms with van der Waals surface area (Å²) in [7, 11) is 1.53. The molecule has 3 N–H and O–H groups in total. The second-order valence-electron chi connectivity index (χ2n) is 4.76. The molecule has 2 aromatic rings. The molecular formula is C16H16ClFN2O3. The third kappa shape index (κ3) is 4.84. The molecule has 0 aliphatic rings. The van der Waals surface area contributed by atoms with Gasteiger partial charge in [-0.2, -0.15) is 0 Å². The second kappa shape index (κ2) is 7.80. The van der Waals surface area contributed by atoms with Crippen LogP contribution in [0.2, 0.25) is 5.02 Å². The quantitative estimate of drug-likeness (QED) is 0.783. The molecule has 2 rings (SSSR count). The first-order valence-corrected chi connectivity index (χ1v) is 7.19. The summed E-state index contributed by atoms with van der Waals surface area (Å²) in [6.07, 6.45) is -1.04. The number of urea groups is 1. The van der Waals surface area contributed by atoms with Gasteiger partial charge in [0.05, 0.1) is 18.2 Å². The van der Waals surface area contributed by atoms with Crippen LogP contribution in [0.25, 0.3) is 0 Å². The minimum Gasteiger partial charge on any atom is -0.497 e. The van der Waals surface area contributed by atoms with Crippen molar-refractivity contribution in [3.05, 3.63) is 58.9 Å². The molecule has 1 atom stereocenters. The van der Waals surface area contributed by atoms with E-state index in [1.807, 2.05) is 0 Å². The Morgan fingerprint density at radius 3 is 2.83 bits per heavy atom. The number of rotatable bonds is 5. The number of nitrogens with one attached hydrogen (secondary N) is 2. The van der Waals surface area contributed by atoms with Crippen molar-refractivity contribution >= 4 is 23.3 Å². The molecule has 23 heavy (non-hydrogen) atoms. The van der Waals surface area contributed by atoms with Crippen LogP contribution >= 0.6 is 11.6 Å². The first-order chi connectivity index (χ1) is 11.0. The van der Waals surface area contributed by atoms with Crippen LogP contribution in [0.1, 0.15) is 11.7 Å². The molecule has 0 spiro atoms. The van der Waals surface area contributed by atoms with E-state index in [1.165, 1.54) is 19.2 Å². The van der Waals surface area contributed by atoms with E-state index in [-0.39, 0.29) is 11.6 Å². The highest BCUT2D eigenvalue weighted by Crippen LogP contribution is 2.20. The molecule has 0 radical (unpaired) electrons. The molecule has 0 heterocycles. The maximum Gasteiger partial charge on any atom is 0.319 e. The monoisotopic (exact) mass is 338 g/mol. The lowest BCUT2D eigenvalue weighted by molar-refractivity contribution is 0.174. The zero-order chi connectivity index (χ0) is 16.8. The molecule has 2 aromatic carbocycles. The van der Waals surface area contributed by atoms with Crippen molar-refractivity contribution in [3.8, 4) is 5.75 Å². The number of carbonyl (C=O) groups is 1. The molecule has 0 aromatic heterocycles. The summed E-state index contributed by atoms with van der Waals surface area (Å²) in [6, 6.07) is 10.3. The van der Waals surface area contributed by atoms with Gasteiger partial charge >= 0.3 is 6.03 Å². The number of benzene rings is 2. The summed E-state index contributed by atoms with van der Waals surface area (Å²) in [4.78, 5) is 11.8. The third-order valence-corrected chi connectivity index (χ3v) is 3.42. The maximum absolute atomic E-state index is 13.3. The van der Waals surface area contributed by atoms with Gasteiger partial charge in [0.1, 0.15) is 11.6 Å². The maximum atomic E-state index is 13.3. The minimum atomic E-state index is -1.04. The Balaban J connectivity index is 1.89. The Morgan fingerprint density at radius 1 is 1.35 bits per heavy atom. The molecule has 122 valence electrons. The van der Waals surface area contributed by atoms with Crippen LogP contribution in [-0.4, -0.2) is 24.8 Å². The van der Waals surface area contributed by atoms with Crippen LogP contribution < -0.4 is 15.4 Å². The van der Waals surface area contributed by atoms with Gasteiger partial charge in [-0.3, -0.25) is 0 Å². The van der Waals surface area contributed by atoms with Crippen molar-refractivity contribution in [2.75, 3.05) is 19.0 Å². The van der Waals surface area contributed by atoms with Crippen LogP contribution in [-0.2, 0) is 0 Å². The molecular weight excluding hydrogens is 323 g/mol. The average molecular weight is 339 g/mol. The van der Waals surface area contributed by atoms with Gasteiger partial charge in [0, 0.05) is 18.3 Å². The summed E-state index contributed by atoms with van der Waals surface area (Å²) >= 11 is 5.58. The van der Waals surface area contributed by atoms with Crippen molar-refractivity contribution in [1.82, 2.24) is 5.32 Å². The Morgan fingerprint density at radius 2 is 2.13 bits per heavy atom. The van der Waals surface area contributed by atoms with Crippen molar-refractivity contribution in [1.29, 1.82) is 0 Å². The normalized spacial score (nSPS) is 11.7. The number of aliphatic hydroxyl groups is 1. The van der Waals surface area contributed by atoms with Crippen molar-refractivity contribution in [2.45, 2.75) is 6.10 Å². The summed E-state index contributed by atoms with van der Waals surface area (Å²) < 4.78 is 18.4. The number of hydrogen-bond donors (Lipinski definition) is 3. The molecule has 0 bridgehead atoms. The van der Waals surface area contributed by atoms with Gasteiger partial charge in [0.25, 0.3) is 0 Å². The number of amides is 2. The summed E-state index contributed by atoms with van der Waals surface area (Å²) in [5.41, 5.74) is 0.877. The molecule has 0 aliphatic heterocycles. The van der Waals surface area contributed by atoms with E-state index < -0.39 is 18.0 Å². The molecule has 2 amide bonds. The van der Waals surface area contributed by atoms with Crippen LogP contribution in [0.4, 0.5) is 14.9 Å². The van der Waals surface area contributed by atoms with Crippen molar-refractivity contribution < 1.29 is 19.0 Å². The zero-order valence-corrected chi connectivity index (χ0v) is 13.1. The third-order valence-electron chi connectivity index (χ3n) is 3.11. The largest absolute Gasteiger partial charge is 0.497 e. The highest BCUT2D eigenvalue weighted by Gasteiger charge is 2.12. The first kappa shape index (κ1) is 17.1. The predicted octanol–water partition coefficient (Wildman–Crippen LogP) is 3.34. The van der Waals surface area contributed by atoms with Gasteiger partial charge in [-0.05, 0) is 29.8 Å². The summed E-state index contributed by atoms with van der Waals surface area (Å²) in [5, 5.41) is 15.0. The number of methoxy groups -OCH3 is 1. The van der Waals surface area contributed by atoms with Crippen molar-refractivity contribution in [3.63, 3.8) is 0 Å². The molecule has 1 unspecified atom stereocenters. The lowest BCUT2D eigenvalue weighted by Crippen LogP contribution is -2.32. The number of anilines is 1. The van der Waals surface area contributed by atoms with Gasteiger partial charge in [-0.25, -0.2) is 9.18 Å². The summed E-state index contributed by atoms with van der Waals surface area (Å²) in [6.45, 7) is -0.0725. The highest BCUT2D eigenvalue weighted by atomic mass is 35.5. The van der Waals surface area contributed by atoms with Crippen LogP contribution in [0.5, 0.6) is 5.75 Å². The number of aliphatic hydroxyl groups excluding tert-OH is 1. The van der Waals surface area contributed by atoms with E-state index in [2.05, 4.69) is 10.6 Å². The Bertz CT molecular complexity index is 697. The van der Waals surface area contributed by atoms with Crippen LogP contribution in [0.3, 0.4) is 0 Å². The van der Waals surface area contributed by atoms with E-state index >= 15 is 0 Å². The number of carbonyl (C=O) groups excluding carboxylic acids is 1. The molecule has 0 aliphatic carbocycles. The van der Waals surface area contributed by atoms with E-state index in [0.717, 1.165) is 6.07 Å². The smallest absolute Gasteiger partial charge is 0.319 e. The van der Waals surface area contributed by atoms with Gasteiger partial charge in [-0.15, -0.1) is 0 Å². The standard InChI is InChI=1S/C16H16ClFN2O3/c1-23-12-4-2-3-11(8-12)20-16(22)19-9-15(21)10-5-6-13(17)14(18)7-10/h2-8,15,21H,9H2,1H3,(H2,19,20,22). The molecule has 0 fully saturated rings. The number of halogens is 2. The Labute approximate surface area is 138 Å². The second-order valence-corrected chi connectivity index (χ2v) is 5.16. The van der Waals surface area contributed by atoms with E-state index in [4.69, 9.17) is 16.3 Å². The van der Waals surface area contributed by atoms with Gasteiger partial charge in [0.15, 0.2) is 0 Å². The molecule has 5 nitrogen and oxygen atoms in total. The van der Waals surface area contributed by atoms with Gasteiger partial charge in [-0.1, -0.05) is 23.7 Å². The summed E-state index contributed by atoms with van der Waals surface area (Å²) in [5.74, 6) is -0.0106. The molecule has 0 saturated heterocycles. The highest BCUT2D eigenvalue weighted by molar-refractivity contribution is 6.30. The fourth-order valence-corrected chi connectivity index (χ4v) is 2.02. The van der Waals surface area contributed by atoms with Gasteiger partial charge in [0.2, 0.25) is 0 Å². The van der Waals surface area contributed by atoms with E-state index in [9.17, 15) is 14.3 Å². The average Bonchev–Trinajstić information content (AvgIpc) is 2.55. The fraction of sp³-hybridized carbons (Fsp3) is 0.188. The topological polar surface area (TPSA) is 70.6 Å². The van der Waals surface area contributed by atoms with E-state index in [1.54, 1.807) is 24.3 Å². The molecule has 0 saturated carbocycles. The predicted molar refractivity (Wildman–Crippen MR) is 86.4 cm³/mol. The fourth-order valence-electron chi connectivity index (χ4n) is 1.90. The lowest BCUT2D eigenvalue weighted by Gasteiger charge is -2.13. The van der Waals surface area contributed by atoms with E-state index in [0.29, 0.717) is 17.0 Å². The lowest BCUT2D eigenvalue weighted by atomic mass is 10.1. The Hall–Kier alpha value is -2.31. The van der Waals surface area contributed by atoms with Crippen LogP contribution in [0.15, 0.2) is 42.5 Å². The minimum absolute atomic E-state index is 0.0234. The molecule has 7 heteroatoms. The van der Waals surface area contributed by atoms with Gasteiger partial charge < -0.3 is 20.5 Å². The van der Waals surface area contributed by atoms with Crippen molar-refractivity contribution in [2.24, 2.45) is 0 Å². The number of ether oxygens (including phenoxy) is 1. The number of hydrogen-bond acceptors (Lipinski definition) is 3. The first-order valence-electron chi connectivity index (χ1n) is 6.81. The SMILES string of the molecule is COc1cccc(NC(=O)NCC(O)c2ccc(Cl)c(F)c2)c1. The zero-order valence-electron chi connectivity index (χ0n) is 12.3.